The van der Waals surface area contributed by atoms with Gasteiger partial charge in [-0.25, -0.2) is 0 Å². The van der Waals surface area contributed by atoms with Crippen molar-refractivity contribution in [2.75, 3.05) is 6.54 Å². The highest BCUT2D eigenvalue weighted by Crippen LogP contribution is 1.92. The van der Waals surface area contributed by atoms with Crippen LogP contribution in [0, 0.1) is 0 Å². The zero-order valence-corrected chi connectivity index (χ0v) is 11.5. The highest BCUT2D eigenvalue weighted by atomic mass is 16.2. The van der Waals surface area contributed by atoms with Crippen molar-refractivity contribution in [2.24, 2.45) is 0 Å². The van der Waals surface area contributed by atoms with Gasteiger partial charge < -0.3 is 16.0 Å². The molecule has 0 aliphatic carbocycles. The SMILES string of the molecule is CCNC(C)CC(=O)NC(C)C(=O)NC(C)C. The molecule has 0 aromatic rings. The lowest BCUT2D eigenvalue weighted by Gasteiger charge is -2.17. The zero-order chi connectivity index (χ0) is 13.4. The molecule has 0 saturated carbocycles. The summed E-state index contributed by atoms with van der Waals surface area (Å²) in [6.07, 6.45) is 0.382. The van der Waals surface area contributed by atoms with Crippen molar-refractivity contribution in [1.82, 2.24) is 16.0 Å². The van der Waals surface area contributed by atoms with Gasteiger partial charge in [0.05, 0.1) is 0 Å². The van der Waals surface area contributed by atoms with Gasteiger partial charge in [0.15, 0.2) is 0 Å². The van der Waals surface area contributed by atoms with E-state index in [4.69, 9.17) is 0 Å². The van der Waals surface area contributed by atoms with Gasteiger partial charge in [0.1, 0.15) is 6.04 Å². The number of rotatable bonds is 7. The molecule has 0 bridgehead atoms. The van der Waals surface area contributed by atoms with E-state index in [2.05, 4.69) is 16.0 Å². The summed E-state index contributed by atoms with van der Waals surface area (Å²) in [6, 6.07) is -0.276. The van der Waals surface area contributed by atoms with E-state index < -0.39 is 6.04 Å². The lowest BCUT2D eigenvalue weighted by Crippen LogP contribution is -2.47. The Hall–Kier alpha value is -1.10. The average molecular weight is 243 g/mol. The Morgan fingerprint density at radius 3 is 2.12 bits per heavy atom. The molecule has 2 amide bonds. The van der Waals surface area contributed by atoms with Crippen LogP contribution in [0.1, 0.15) is 41.0 Å². The topological polar surface area (TPSA) is 70.2 Å². The molecule has 5 nitrogen and oxygen atoms in total. The summed E-state index contributed by atoms with van der Waals surface area (Å²) >= 11 is 0. The molecule has 0 radical (unpaired) electrons. The van der Waals surface area contributed by atoms with Crippen LogP contribution in [0.5, 0.6) is 0 Å². The van der Waals surface area contributed by atoms with Crippen molar-refractivity contribution in [3.63, 3.8) is 0 Å². The van der Waals surface area contributed by atoms with E-state index in [1.54, 1.807) is 6.92 Å². The Balaban J connectivity index is 3.98. The van der Waals surface area contributed by atoms with Gasteiger partial charge in [0, 0.05) is 18.5 Å². The minimum Gasteiger partial charge on any atom is -0.352 e. The van der Waals surface area contributed by atoms with Crippen LogP contribution in [0.2, 0.25) is 0 Å². The Kier molecular flexibility index (Phi) is 7.54. The third kappa shape index (κ3) is 7.74. The monoisotopic (exact) mass is 243 g/mol. The van der Waals surface area contributed by atoms with E-state index in [-0.39, 0.29) is 23.9 Å². The molecular weight excluding hydrogens is 218 g/mol. The first kappa shape index (κ1) is 15.9. The van der Waals surface area contributed by atoms with E-state index in [0.717, 1.165) is 6.54 Å². The summed E-state index contributed by atoms with van der Waals surface area (Å²) in [6.45, 7) is 10.2. The molecule has 0 rings (SSSR count). The highest BCUT2D eigenvalue weighted by Gasteiger charge is 2.17. The minimum absolute atomic E-state index is 0.0857. The second-order valence-corrected chi connectivity index (χ2v) is 4.62. The van der Waals surface area contributed by atoms with Gasteiger partial charge in [-0.2, -0.15) is 0 Å². The average Bonchev–Trinajstić information content (AvgIpc) is 2.16. The number of amides is 2. The molecule has 0 aromatic carbocycles. The lowest BCUT2D eigenvalue weighted by atomic mass is 10.2. The predicted molar refractivity (Wildman–Crippen MR) is 68.6 cm³/mol. The fourth-order valence-corrected chi connectivity index (χ4v) is 1.47. The van der Waals surface area contributed by atoms with Gasteiger partial charge in [-0.1, -0.05) is 6.92 Å². The summed E-state index contributed by atoms with van der Waals surface area (Å²) in [5.41, 5.74) is 0. The fourth-order valence-electron chi connectivity index (χ4n) is 1.47. The third-order valence-corrected chi connectivity index (χ3v) is 2.25. The van der Waals surface area contributed by atoms with E-state index >= 15 is 0 Å². The molecule has 3 N–H and O–H groups in total. The molecular formula is C12H25N3O2. The first-order valence-electron chi connectivity index (χ1n) is 6.19. The standard InChI is InChI=1S/C12H25N3O2/c1-6-13-9(4)7-11(16)15-10(5)12(17)14-8(2)3/h8-10,13H,6-7H2,1-5H3,(H,14,17)(H,15,16). The van der Waals surface area contributed by atoms with Crippen molar-refractivity contribution in [1.29, 1.82) is 0 Å². The van der Waals surface area contributed by atoms with Gasteiger partial charge in [-0.15, -0.1) is 0 Å². The highest BCUT2D eigenvalue weighted by molar-refractivity contribution is 5.87. The van der Waals surface area contributed by atoms with Gasteiger partial charge in [-0.05, 0) is 34.2 Å². The van der Waals surface area contributed by atoms with Crippen molar-refractivity contribution in [3.8, 4) is 0 Å². The molecule has 0 saturated heterocycles. The number of carbonyl (C=O) groups excluding carboxylic acids is 2. The first-order valence-corrected chi connectivity index (χ1v) is 6.19. The molecule has 0 fully saturated rings. The Labute approximate surface area is 104 Å². The summed E-state index contributed by atoms with van der Waals surface area (Å²) in [5, 5.41) is 8.59. The summed E-state index contributed by atoms with van der Waals surface area (Å²) < 4.78 is 0. The van der Waals surface area contributed by atoms with Crippen LogP contribution in [0.25, 0.3) is 0 Å². The van der Waals surface area contributed by atoms with E-state index in [0.29, 0.717) is 6.42 Å². The minimum atomic E-state index is -0.487. The molecule has 2 unspecified atom stereocenters. The van der Waals surface area contributed by atoms with E-state index in [1.165, 1.54) is 0 Å². The maximum absolute atomic E-state index is 11.6. The van der Waals surface area contributed by atoms with Crippen LogP contribution in [0.4, 0.5) is 0 Å². The van der Waals surface area contributed by atoms with Crippen LogP contribution in [0.15, 0.2) is 0 Å². The Morgan fingerprint density at radius 2 is 1.65 bits per heavy atom. The molecule has 0 spiro atoms. The lowest BCUT2D eigenvalue weighted by molar-refractivity contribution is -0.129. The number of hydrogen-bond donors (Lipinski definition) is 3. The molecule has 0 aromatic heterocycles. The molecule has 2 atom stereocenters. The van der Waals surface area contributed by atoms with Gasteiger partial charge in [-0.3, -0.25) is 9.59 Å². The van der Waals surface area contributed by atoms with Gasteiger partial charge >= 0.3 is 0 Å². The number of carbonyl (C=O) groups is 2. The maximum atomic E-state index is 11.6. The second-order valence-electron chi connectivity index (χ2n) is 4.62. The third-order valence-electron chi connectivity index (χ3n) is 2.25. The zero-order valence-electron chi connectivity index (χ0n) is 11.5. The fraction of sp³-hybridized carbons (Fsp3) is 0.833. The molecule has 0 heterocycles. The molecule has 0 aliphatic rings. The van der Waals surface area contributed by atoms with Crippen LogP contribution < -0.4 is 16.0 Å². The molecule has 100 valence electrons. The van der Waals surface area contributed by atoms with Crippen LogP contribution in [-0.4, -0.2) is 36.5 Å². The molecule has 5 heteroatoms. The van der Waals surface area contributed by atoms with Crippen molar-refractivity contribution < 1.29 is 9.59 Å². The van der Waals surface area contributed by atoms with Crippen LogP contribution in [0.3, 0.4) is 0 Å². The predicted octanol–water partition coefficient (Wildman–Crippen LogP) is 0.404. The Morgan fingerprint density at radius 1 is 1.06 bits per heavy atom. The summed E-state index contributed by atoms with van der Waals surface area (Å²) in [4.78, 5) is 23.2. The smallest absolute Gasteiger partial charge is 0.242 e. The Bertz CT molecular complexity index is 254. The van der Waals surface area contributed by atoms with Crippen LogP contribution in [-0.2, 0) is 9.59 Å². The van der Waals surface area contributed by atoms with Crippen molar-refractivity contribution >= 4 is 11.8 Å². The normalized spacial score (nSPS) is 14.2. The first-order chi connectivity index (χ1) is 7.86. The largest absolute Gasteiger partial charge is 0.352 e. The maximum Gasteiger partial charge on any atom is 0.242 e. The molecule has 0 aliphatic heterocycles. The van der Waals surface area contributed by atoms with Gasteiger partial charge in [0.25, 0.3) is 0 Å². The number of hydrogen-bond acceptors (Lipinski definition) is 3. The van der Waals surface area contributed by atoms with Crippen LogP contribution >= 0.6 is 0 Å². The summed E-state index contributed by atoms with van der Waals surface area (Å²) in [7, 11) is 0. The summed E-state index contributed by atoms with van der Waals surface area (Å²) in [5.74, 6) is -0.255. The van der Waals surface area contributed by atoms with Gasteiger partial charge in [0.2, 0.25) is 11.8 Å². The molecule has 17 heavy (non-hydrogen) atoms. The van der Waals surface area contributed by atoms with Crippen molar-refractivity contribution in [3.05, 3.63) is 0 Å². The van der Waals surface area contributed by atoms with E-state index in [9.17, 15) is 9.59 Å². The van der Waals surface area contributed by atoms with E-state index in [1.807, 2.05) is 27.7 Å². The second kappa shape index (κ2) is 8.06. The quantitative estimate of drug-likeness (QED) is 0.606. The van der Waals surface area contributed by atoms with Crippen molar-refractivity contribution in [2.45, 2.75) is 59.2 Å². The number of nitrogens with one attached hydrogen (secondary N) is 3.